The summed E-state index contributed by atoms with van der Waals surface area (Å²) < 4.78 is 23.8. The second-order valence-electron chi connectivity index (χ2n) is 8.59. The summed E-state index contributed by atoms with van der Waals surface area (Å²) in [7, 11) is 0. The Labute approximate surface area is 169 Å². The molecule has 0 unspecified atom stereocenters. The van der Waals surface area contributed by atoms with Crippen LogP contribution in [0, 0.1) is 5.92 Å². The highest BCUT2D eigenvalue weighted by molar-refractivity contribution is 5.88. The molecule has 2 aromatic rings. The van der Waals surface area contributed by atoms with E-state index in [1.165, 1.54) is 0 Å². The first-order chi connectivity index (χ1) is 13.8. The van der Waals surface area contributed by atoms with Crippen molar-refractivity contribution in [3.05, 3.63) is 53.1 Å². The lowest BCUT2D eigenvalue weighted by atomic mass is 9.70. The molecule has 29 heavy (non-hydrogen) atoms. The van der Waals surface area contributed by atoms with Crippen molar-refractivity contribution < 1.29 is 28.8 Å². The van der Waals surface area contributed by atoms with Gasteiger partial charge in [-0.2, -0.15) is 0 Å². The van der Waals surface area contributed by atoms with E-state index in [-0.39, 0.29) is 36.4 Å². The van der Waals surface area contributed by atoms with Gasteiger partial charge in [0.2, 0.25) is 6.79 Å². The topological polar surface area (TPSA) is 74.2 Å². The van der Waals surface area contributed by atoms with E-state index < -0.39 is 11.6 Å². The summed E-state index contributed by atoms with van der Waals surface area (Å²) in [5.41, 5.74) is 1.79. The largest absolute Gasteiger partial charge is 0.487 e. The second kappa shape index (κ2) is 6.39. The maximum Gasteiger partial charge on any atom is 0.335 e. The van der Waals surface area contributed by atoms with E-state index in [0.29, 0.717) is 5.75 Å². The lowest BCUT2D eigenvalue weighted by Crippen LogP contribution is -2.50. The van der Waals surface area contributed by atoms with Crippen molar-refractivity contribution in [3.63, 3.8) is 0 Å². The van der Waals surface area contributed by atoms with Crippen LogP contribution in [0.15, 0.2) is 36.4 Å². The maximum absolute atomic E-state index is 11.5. The van der Waals surface area contributed by atoms with Gasteiger partial charge in [-0.1, -0.05) is 6.07 Å². The summed E-state index contributed by atoms with van der Waals surface area (Å²) in [5, 5.41) is 9.40. The molecule has 3 heterocycles. The fourth-order valence-electron chi connectivity index (χ4n) is 4.85. The molecule has 2 aromatic carbocycles. The van der Waals surface area contributed by atoms with Gasteiger partial charge in [-0.15, -0.1) is 0 Å². The van der Waals surface area contributed by atoms with Crippen molar-refractivity contribution >= 4 is 5.97 Å². The van der Waals surface area contributed by atoms with Gasteiger partial charge in [-0.3, -0.25) is 0 Å². The summed E-state index contributed by atoms with van der Waals surface area (Å²) in [5.74, 6) is 1.56. The molecule has 3 aliphatic rings. The van der Waals surface area contributed by atoms with Crippen molar-refractivity contribution in [2.75, 3.05) is 6.79 Å². The highest BCUT2D eigenvalue weighted by Crippen LogP contribution is 2.54. The van der Waals surface area contributed by atoms with E-state index in [2.05, 4.69) is 26.8 Å². The molecular formula is C23H24O6. The number of carbonyl (C=O) groups is 1. The van der Waals surface area contributed by atoms with Crippen molar-refractivity contribution in [3.8, 4) is 17.2 Å². The van der Waals surface area contributed by atoms with E-state index in [1.807, 2.05) is 12.1 Å². The molecule has 0 aromatic heterocycles. The van der Waals surface area contributed by atoms with Gasteiger partial charge in [-0.25, -0.2) is 4.79 Å². The zero-order valence-electron chi connectivity index (χ0n) is 16.7. The van der Waals surface area contributed by atoms with Gasteiger partial charge < -0.3 is 24.1 Å². The summed E-state index contributed by atoms with van der Waals surface area (Å²) >= 11 is 0. The zero-order chi connectivity index (χ0) is 20.3. The average molecular weight is 396 g/mol. The lowest BCUT2D eigenvalue weighted by molar-refractivity contribution is -0.153. The van der Waals surface area contributed by atoms with Crippen LogP contribution in [0.1, 0.15) is 60.7 Å². The number of aromatic carboxylic acids is 1. The first-order valence-electron chi connectivity index (χ1n) is 9.95. The fourth-order valence-corrected chi connectivity index (χ4v) is 4.85. The first kappa shape index (κ1) is 18.3. The Bertz CT molecular complexity index is 981. The van der Waals surface area contributed by atoms with Crippen molar-refractivity contribution in [2.45, 2.75) is 50.9 Å². The average Bonchev–Trinajstić information content (AvgIpc) is 3.14. The Hall–Kier alpha value is -2.73. The molecule has 3 aliphatic heterocycles. The summed E-state index contributed by atoms with van der Waals surface area (Å²) in [6, 6.07) is 11.1. The molecule has 0 amide bonds. The number of rotatable bonds is 2. The minimum absolute atomic E-state index is 0.0353. The number of hydrogen-bond acceptors (Lipinski definition) is 5. The highest BCUT2D eigenvalue weighted by atomic mass is 16.7. The Morgan fingerprint density at radius 2 is 1.83 bits per heavy atom. The van der Waals surface area contributed by atoms with Gasteiger partial charge in [0.1, 0.15) is 11.4 Å². The molecule has 0 radical (unpaired) electrons. The third-order valence-corrected chi connectivity index (χ3v) is 6.46. The zero-order valence-corrected chi connectivity index (χ0v) is 16.7. The predicted molar refractivity (Wildman–Crippen MR) is 105 cm³/mol. The predicted octanol–water partition coefficient (Wildman–Crippen LogP) is 4.53. The van der Waals surface area contributed by atoms with Gasteiger partial charge >= 0.3 is 5.97 Å². The number of carboxylic acid groups (broad SMARTS) is 1. The maximum atomic E-state index is 11.5. The first-order valence-corrected chi connectivity index (χ1v) is 9.95. The van der Waals surface area contributed by atoms with Crippen LogP contribution in [0.3, 0.4) is 0 Å². The van der Waals surface area contributed by atoms with Crippen LogP contribution in [0.2, 0.25) is 0 Å². The summed E-state index contributed by atoms with van der Waals surface area (Å²) in [4.78, 5) is 11.5. The summed E-state index contributed by atoms with van der Waals surface area (Å²) in [6.45, 7) is 6.49. The minimum atomic E-state index is -0.948. The molecule has 4 atom stereocenters. The number of benzene rings is 2. The molecule has 0 saturated carbocycles. The van der Waals surface area contributed by atoms with Crippen LogP contribution in [0.4, 0.5) is 0 Å². The number of fused-ring (bicyclic) bond motifs is 4. The smallest absolute Gasteiger partial charge is 0.335 e. The highest BCUT2D eigenvalue weighted by Gasteiger charge is 2.50. The Kier molecular flexibility index (Phi) is 4.03. The molecule has 5 rings (SSSR count). The quantitative estimate of drug-likeness (QED) is 0.804. The van der Waals surface area contributed by atoms with Crippen LogP contribution in [0.5, 0.6) is 17.2 Å². The van der Waals surface area contributed by atoms with E-state index in [1.54, 1.807) is 18.2 Å². The van der Waals surface area contributed by atoms with Crippen LogP contribution in [-0.2, 0) is 4.74 Å². The van der Waals surface area contributed by atoms with E-state index in [9.17, 15) is 9.90 Å². The van der Waals surface area contributed by atoms with E-state index >= 15 is 0 Å². The number of ether oxygens (including phenoxy) is 4. The molecule has 0 bridgehead atoms. The van der Waals surface area contributed by atoms with Gasteiger partial charge in [0.15, 0.2) is 11.5 Å². The van der Waals surface area contributed by atoms with Crippen molar-refractivity contribution in [1.82, 2.24) is 0 Å². The third-order valence-electron chi connectivity index (χ3n) is 6.46. The summed E-state index contributed by atoms with van der Waals surface area (Å²) in [6.07, 6.45) is 0.634. The van der Waals surface area contributed by atoms with Gasteiger partial charge in [0, 0.05) is 17.4 Å². The molecule has 0 aliphatic carbocycles. The monoisotopic (exact) mass is 396 g/mol. The van der Waals surface area contributed by atoms with E-state index in [0.717, 1.165) is 29.0 Å². The Balaban J connectivity index is 1.51. The van der Waals surface area contributed by atoms with Crippen LogP contribution in [0.25, 0.3) is 0 Å². The third kappa shape index (κ3) is 2.94. The Morgan fingerprint density at radius 1 is 1.07 bits per heavy atom. The van der Waals surface area contributed by atoms with Crippen molar-refractivity contribution in [1.29, 1.82) is 0 Å². The molecular weight excluding hydrogens is 372 g/mol. The molecule has 6 heteroatoms. The molecule has 1 N–H and O–H groups in total. The fraction of sp³-hybridized carbons (Fsp3) is 0.435. The second-order valence-corrected chi connectivity index (χ2v) is 8.59. The molecule has 152 valence electrons. The minimum Gasteiger partial charge on any atom is -0.487 e. The standard InChI is InChI=1S/C23H24O6/c1-12-15(13-4-7-19-20(9-13)27-11-26-19)10-17-21(28-12)16-8-14(22(24)25)5-6-18(16)29-23(17,2)3/h4-9,12,15,17,21H,10-11H2,1-3H3,(H,24,25)/t12-,15-,17-,21+/m0/s1. The normalized spacial score (nSPS) is 28.8. The number of carboxylic acids is 1. The van der Waals surface area contributed by atoms with Crippen LogP contribution in [-0.4, -0.2) is 29.6 Å². The van der Waals surface area contributed by atoms with Crippen molar-refractivity contribution in [2.24, 2.45) is 5.92 Å². The molecule has 1 saturated heterocycles. The number of hydrogen-bond donors (Lipinski definition) is 1. The SMILES string of the molecule is C[C@@H]1O[C@@H]2c3cc(C(=O)O)ccc3OC(C)(C)[C@H]2C[C@@H]1c1ccc2c(c1)OCO2. The molecule has 1 fully saturated rings. The van der Waals surface area contributed by atoms with Crippen LogP contribution >= 0.6 is 0 Å². The van der Waals surface area contributed by atoms with E-state index in [4.69, 9.17) is 18.9 Å². The Morgan fingerprint density at radius 3 is 2.62 bits per heavy atom. The van der Waals surface area contributed by atoms with Gasteiger partial charge in [0.05, 0.1) is 17.8 Å². The lowest BCUT2D eigenvalue weighted by Gasteiger charge is -2.50. The molecule has 6 nitrogen and oxygen atoms in total. The van der Waals surface area contributed by atoms with Crippen LogP contribution < -0.4 is 14.2 Å². The van der Waals surface area contributed by atoms with Gasteiger partial charge in [0.25, 0.3) is 0 Å². The van der Waals surface area contributed by atoms with Gasteiger partial charge in [-0.05, 0) is 63.1 Å². The molecule has 0 spiro atoms.